The van der Waals surface area contributed by atoms with E-state index in [0.717, 1.165) is 22.4 Å². The summed E-state index contributed by atoms with van der Waals surface area (Å²) in [6, 6.07) is 15.6. The lowest BCUT2D eigenvalue weighted by molar-refractivity contribution is -0.119. The molecule has 3 aromatic rings. The molecule has 0 spiro atoms. The molecule has 0 saturated heterocycles. The first kappa shape index (κ1) is 20.6. The predicted molar refractivity (Wildman–Crippen MR) is 117 cm³/mol. The average molecular weight is 386 g/mol. The van der Waals surface area contributed by atoms with Gasteiger partial charge in [0, 0.05) is 30.2 Å². The van der Waals surface area contributed by atoms with E-state index in [-0.39, 0.29) is 11.2 Å². The van der Waals surface area contributed by atoms with E-state index in [0.29, 0.717) is 12.8 Å². The summed E-state index contributed by atoms with van der Waals surface area (Å²) < 4.78 is 0. The number of nitrogens with one attached hydrogen (secondary N) is 1. The van der Waals surface area contributed by atoms with Gasteiger partial charge in [-0.2, -0.15) is 0 Å². The SMILES string of the molecule is CC(C)(C)c1ccc(C#Cc2ccc(CC(=O)C(N)Cc3c[nH]cn3)cc2)cc1. The summed E-state index contributed by atoms with van der Waals surface area (Å²) in [5, 5.41) is 0. The fourth-order valence-electron chi connectivity index (χ4n) is 2.98. The van der Waals surface area contributed by atoms with Crippen molar-refractivity contribution in [3.05, 3.63) is 89.0 Å². The highest BCUT2D eigenvalue weighted by molar-refractivity contribution is 5.86. The highest BCUT2D eigenvalue weighted by Crippen LogP contribution is 2.22. The van der Waals surface area contributed by atoms with Gasteiger partial charge in [-0.1, -0.05) is 56.9 Å². The molecular formula is C25H27N3O. The Bertz CT molecular complexity index is 999. The van der Waals surface area contributed by atoms with Crippen LogP contribution >= 0.6 is 0 Å². The third kappa shape index (κ3) is 5.91. The van der Waals surface area contributed by atoms with Crippen molar-refractivity contribution in [3.63, 3.8) is 0 Å². The summed E-state index contributed by atoms with van der Waals surface area (Å²) in [6.07, 6.45) is 4.11. The van der Waals surface area contributed by atoms with Crippen molar-refractivity contribution in [3.8, 4) is 11.8 Å². The molecule has 148 valence electrons. The quantitative estimate of drug-likeness (QED) is 0.657. The first-order valence-electron chi connectivity index (χ1n) is 9.79. The topological polar surface area (TPSA) is 71.8 Å². The summed E-state index contributed by atoms with van der Waals surface area (Å²) >= 11 is 0. The molecule has 0 radical (unpaired) electrons. The smallest absolute Gasteiger partial charge is 0.154 e. The number of hydrogen-bond acceptors (Lipinski definition) is 3. The van der Waals surface area contributed by atoms with E-state index in [1.165, 1.54) is 5.56 Å². The van der Waals surface area contributed by atoms with Crippen LogP contribution < -0.4 is 5.73 Å². The third-order valence-corrected chi connectivity index (χ3v) is 4.83. The van der Waals surface area contributed by atoms with E-state index < -0.39 is 6.04 Å². The fourth-order valence-corrected chi connectivity index (χ4v) is 2.98. The number of aromatic amines is 1. The lowest BCUT2D eigenvalue weighted by Gasteiger charge is -2.18. The Balaban J connectivity index is 1.59. The normalized spacial score (nSPS) is 12.1. The molecule has 0 amide bonds. The van der Waals surface area contributed by atoms with Crippen LogP contribution in [-0.2, 0) is 23.1 Å². The van der Waals surface area contributed by atoms with Gasteiger partial charge in [0.2, 0.25) is 0 Å². The van der Waals surface area contributed by atoms with Gasteiger partial charge in [-0.05, 0) is 40.8 Å². The van der Waals surface area contributed by atoms with Crippen molar-refractivity contribution in [2.24, 2.45) is 5.73 Å². The van der Waals surface area contributed by atoms with E-state index >= 15 is 0 Å². The van der Waals surface area contributed by atoms with Crippen molar-refractivity contribution in [2.75, 3.05) is 0 Å². The van der Waals surface area contributed by atoms with Crippen LogP contribution in [0.3, 0.4) is 0 Å². The molecule has 0 saturated carbocycles. The van der Waals surface area contributed by atoms with Crippen LogP contribution in [0.5, 0.6) is 0 Å². The molecule has 1 atom stereocenters. The molecule has 2 aromatic carbocycles. The first-order valence-corrected chi connectivity index (χ1v) is 9.79. The van der Waals surface area contributed by atoms with Crippen LogP contribution in [-0.4, -0.2) is 21.8 Å². The van der Waals surface area contributed by atoms with Gasteiger partial charge in [0.1, 0.15) is 0 Å². The van der Waals surface area contributed by atoms with E-state index in [2.05, 4.69) is 66.8 Å². The number of H-pyrrole nitrogens is 1. The van der Waals surface area contributed by atoms with Crippen molar-refractivity contribution in [1.29, 1.82) is 0 Å². The molecule has 4 nitrogen and oxygen atoms in total. The molecule has 0 bridgehead atoms. The van der Waals surface area contributed by atoms with Crippen molar-refractivity contribution < 1.29 is 4.79 Å². The molecule has 29 heavy (non-hydrogen) atoms. The number of carbonyl (C=O) groups is 1. The Kier molecular flexibility index (Phi) is 6.31. The van der Waals surface area contributed by atoms with Crippen LogP contribution in [0.25, 0.3) is 0 Å². The largest absolute Gasteiger partial charge is 0.351 e. The van der Waals surface area contributed by atoms with Gasteiger partial charge in [-0.3, -0.25) is 4.79 Å². The number of aromatic nitrogens is 2. The second-order valence-electron chi connectivity index (χ2n) is 8.29. The second kappa shape index (κ2) is 8.89. The van der Waals surface area contributed by atoms with Crippen LogP contribution in [0.2, 0.25) is 0 Å². The second-order valence-corrected chi connectivity index (χ2v) is 8.29. The van der Waals surface area contributed by atoms with Gasteiger partial charge in [0.15, 0.2) is 5.78 Å². The third-order valence-electron chi connectivity index (χ3n) is 4.83. The molecule has 3 N–H and O–H groups in total. The number of benzene rings is 2. The Labute approximate surface area is 172 Å². The van der Waals surface area contributed by atoms with Crippen LogP contribution in [0, 0.1) is 11.8 Å². The van der Waals surface area contributed by atoms with Gasteiger partial charge in [-0.15, -0.1) is 0 Å². The number of imidazole rings is 1. The zero-order valence-corrected chi connectivity index (χ0v) is 17.2. The highest BCUT2D eigenvalue weighted by atomic mass is 16.1. The molecule has 0 aliphatic heterocycles. The minimum absolute atomic E-state index is 0.00534. The fraction of sp³-hybridized carbons (Fsp3) is 0.280. The number of nitrogens with zero attached hydrogens (tertiary/aromatic N) is 1. The summed E-state index contributed by atoms with van der Waals surface area (Å²) in [5.41, 5.74) is 11.1. The molecule has 1 unspecified atom stereocenters. The van der Waals surface area contributed by atoms with Gasteiger partial charge in [0.25, 0.3) is 0 Å². The highest BCUT2D eigenvalue weighted by Gasteiger charge is 2.15. The lowest BCUT2D eigenvalue weighted by atomic mass is 9.87. The predicted octanol–water partition coefficient (Wildman–Crippen LogP) is 3.79. The maximum Gasteiger partial charge on any atom is 0.154 e. The maximum atomic E-state index is 12.3. The Morgan fingerprint density at radius 2 is 1.62 bits per heavy atom. The number of nitrogens with two attached hydrogens (primary N) is 1. The molecule has 1 aromatic heterocycles. The number of hydrogen-bond donors (Lipinski definition) is 2. The molecule has 4 heteroatoms. The van der Waals surface area contributed by atoms with Crippen molar-refractivity contribution >= 4 is 5.78 Å². The summed E-state index contributed by atoms with van der Waals surface area (Å²) in [6.45, 7) is 6.60. The van der Waals surface area contributed by atoms with Crippen LogP contribution in [0.1, 0.15) is 48.7 Å². The molecule has 0 aliphatic carbocycles. The molecular weight excluding hydrogens is 358 g/mol. The Morgan fingerprint density at radius 1 is 1.03 bits per heavy atom. The summed E-state index contributed by atoms with van der Waals surface area (Å²) in [4.78, 5) is 19.3. The zero-order chi connectivity index (χ0) is 20.9. The standard InChI is InChI=1S/C25H27N3O/c1-25(2,3)21-12-10-19(11-13-21)5-4-18-6-8-20(9-7-18)14-24(29)23(26)15-22-16-27-17-28-22/h6-13,16-17,23H,14-15,26H2,1-3H3,(H,27,28). The molecule has 1 heterocycles. The maximum absolute atomic E-state index is 12.3. The number of carbonyl (C=O) groups excluding carboxylic acids is 1. The van der Waals surface area contributed by atoms with E-state index in [4.69, 9.17) is 5.73 Å². The molecule has 3 rings (SSSR count). The molecule has 0 aliphatic rings. The minimum Gasteiger partial charge on any atom is -0.351 e. The zero-order valence-electron chi connectivity index (χ0n) is 17.2. The summed E-state index contributed by atoms with van der Waals surface area (Å²) in [7, 11) is 0. The van der Waals surface area contributed by atoms with E-state index in [9.17, 15) is 4.79 Å². The van der Waals surface area contributed by atoms with E-state index in [1.807, 2.05) is 24.3 Å². The Hall–Kier alpha value is -3.16. The van der Waals surface area contributed by atoms with Gasteiger partial charge < -0.3 is 10.7 Å². The van der Waals surface area contributed by atoms with Crippen molar-refractivity contribution in [1.82, 2.24) is 9.97 Å². The average Bonchev–Trinajstić information content (AvgIpc) is 3.20. The minimum atomic E-state index is -0.547. The van der Waals surface area contributed by atoms with Gasteiger partial charge in [-0.25, -0.2) is 4.98 Å². The Morgan fingerprint density at radius 3 is 2.14 bits per heavy atom. The van der Waals surface area contributed by atoms with Crippen LogP contribution in [0.4, 0.5) is 0 Å². The number of rotatable bonds is 5. The number of ketones is 1. The van der Waals surface area contributed by atoms with Gasteiger partial charge >= 0.3 is 0 Å². The summed E-state index contributed by atoms with van der Waals surface area (Å²) in [5.74, 6) is 6.38. The monoisotopic (exact) mass is 385 g/mol. The van der Waals surface area contributed by atoms with Gasteiger partial charge in [0.05, 0.1) is 18.1 Å². The van der Waals surface area contributed by atoms with Crippen LogP contribution in [0.15, 0.2) is 61.1 Å². The van der Waals surface area contributed by atoms with E-state index in [1.54, 1.807) is 12.5 Å². The first-order chi connectivity index (χ1) is 13.8. The van der Waals surface area contributed by atoms with Crippen molar-refractivity contribution in [2.45, 2.75) is 45.1 Å². The number of Topliss-reactive ketones (excluding diaryl/α,β-unsaturated/α-hetero) is 1. The lowest BCUT2D eigenvalue weighted by Crippen LogP contribution is -2.34. The molecule has 0 fully saturated rings.